The summed E-state index contributed by atoms with van der Waals surface area (Å²) in [4.78, 5) is 1.85. The van der Waals surface area contributed by atoms with Crippen LogP contribution in [-0.2, 0) is 0 Å². The van der Waals surface area contributed by atoms with Gasteiger partial charge in [-0.1, -0.05) is 11.6 Å². The average Bonchev–Trinajstić information content (AvgIpc) is 2.46. The molecule has 1 aromatic carbocycles. The number of rotatable bonds is 1. The molecule has 2 rings (SSSR count). The van der Waals surface area contributed by atoms with Crippen molar-refractivity contribution in [2.75, 3.05) is 23.7 Å². The third kappa shape index (κ3) is 2.02. The molecule has 0 spiro atoms. The minimum Gasteiger partial charge on any atom is -0.397 e. The minimum absolute atomic E-state index is 0.396. The first-order valence-electron chi connectivity index (χ1n) is 4.74. The average molecular weight is 229 g/mol. The lowest BCUT2D eigenvalue weighted by molar-refractivity contribution is 0.0572. The number of β-amino-alcohol motifs (C(OH)–C–C–N with tert-alkyl or cyclic N) is 2. The number of aliphatic hydroxyl groups is 2. The highest BCUT2D eigenvalue weighted by Gasteiger charge is 2.30. The maximum absolute atomic E-state index is 9.42. The first-order chi connectivity index (χ1) is 7.08. The van der Waals surface area contributed by atoms with E-state index in [-0.39, 0.29) is 0 Å². The number of anilines is 2. The van der Waals surface area contributed by atoms with Crippen molar-refractivity contribution >= 4 is 23.0 Å². The van der Waals surface area contributed by atoms with Gasteiger partial charge in [0.2, 0.25) is 0 Å². The van der Waals surface area contributed by atoms with Gasteiger partial charge in [-0.3, -0.25) is 0 Å². The summed E-state index contributed by atoms with van der Waals surface area (Å²) >= 11 is 5.78. The van der Waals surface area contributed by atoms with E-state index in [1.165, 1.54) is 0 Å². The number of benzene rings is 1. The molecule has 4 N–H and O–H groups in total. The van der Waals surface area contributed by atoms with Crippen LogP contribution in [0.3, 0.4) is 0 Å². The fourth-order valence-corrected chi connectivity index (χ4v) is 1.96. The van der Waals surface area contributed by atoms with Crippen molar-refractivity contribution in [2.24, 2.45) is 0 Å². The molecule has 0 amide bonds. The molecule has 0 bridgehead atoms. The van der Waals surface area contributed by atoms with Crippen LogP contribution in [0.15, 0.2) is 18.2 Å². The van der Waals surface area contributed by atoms with Gasteiger partial charge in [0.05, 0.1) is 23.6 Å². The summed E-state index contributed by atoms with van der Waals surface area (Å²) in [5, 5.41) is 19.4. The molecule has 2 atom stereocenters. The van der Waals surface area contributed by atoms with Gasteiger partial charge in [0.25, 0.3) is 0 Å². The molecule has 0 aromatic heterocycles. The van der Waals surface area contributed by atoms with Gasteiger partial charge in [-0.2, -0.15) is 0 Å². The highest BCUT2D eigenvalue weighted by molar-refractivity contribution is 6.31. The highest BCUT2D eigenvalue weighted by atomic mass is 35.5. The van der Waals surface area contributed by atoms with Gasteiger partial charge in [0, 0.05) is 18.1 Å². The van der Waals surface area contributed by atoms with E-state index in [4.69, 9.17) is 17.3 Å². The van der Waals surface area contributed by atoms with Crippen LogP contribution in [0, 0.1) is 0 Å². The molecule has 1 heterocycles. The Morgan fingerprint density at radius 2 is 1.87 bits per heavy atom. The van der Waals surface area contributed by atoms with Crippen molar-refractivity contribution in [3.05, 3.63) is 23.2 Å². The third-order valence-corrected chi connectivity index (χ3v) is 2.82. The molecule has 82 valence electrons. The summed E-state index contributed by atoms with van der Waals surface area (Å²) in [5.41, 5.74) is 7.16. The van der Waals surface area contributed by atoms with Crippen molar-refractivity contribution < 1.29 is 10.2 Å². The van der Waals surface area contributed by atoms with E-state index in [1.54, 1.807) is 18.2 Å². The Morgan fingerprint density at radius 1 is 1.27 bits per heavy atom. The van der Waals surface area contributed by atoms with Crippen LogP contribution in [0.2, 0.25) is 5.02 Å². The van der Waals surface area contributed by atoms with E-state index in [0.29, 0.717) is 23.8 Å². The van der Waals surface area contributed by atoms with Crippen molar-refractivity contribution in [1.82, 2.24) is 0 Å². The quantitative estimate of drug-likeness (QED) is 0.611. The van der Waals surface area contributed by atoms with Gasteiger partial charge < -0.3 is 20.8 Å². The second kappa shape index (κ2) is 3.89. The van der Waals surface area contributed by atoms with E-state index < -0.39 is 12.2 Å². The van der Waals surface area contributed by atoms with Crippen LogP contribution in [0.1, 0.15) is 0 Å². The number of halogens is 1. The monoisotopic (exact) mass is 228 g/mol. The van der Waals surface area contributed by atoms with Crippen molar-refractivity contribution in [2.45, 2.75) is 12.2 Å². The maximum atomic E-state index is 9.42. The van der Waals surface area contributed by atoms with Crippen molar-refractivity contribution in [3.63, 3.8) is 0 Å². The molecule has 5 heteroatoms. The zero-order valence-corrected chi connectivity index (χ0v) is 8.85. The van der Waals surface area contributed by atoms with E-state index in [2.05, 4.69) is 0 Å². The molecule has 15 heavy (non-hydrogen) atoms. The Bertz CT molecular complexity index is 362. The fourth-order valence-electron chi connectivity index (χ4n) is 1.78. The molecular formula is C10H13ClN2O2. The predicted molar refractivity (Wildman–Crippen MR) is 60.1 cm³/mol. The lowest BCUT2D eigenvalue weighted by Gasteiger charge is -2.19. The number of nitrogens with zero attached hydrogens (tertiary/aromatic N) is 1. The number of hydrogen-bond donors (Lipinski definition) is 3. The maximum Gasteiger partial charge on any atom is 0.0990 e. The van der Waals surface area contributed by atoms with Gasteiger partial charge in [-0.15, -0.1) is 0 Å². The van der Waals surface area contributed by atoms with Crippen LogP contribution in [0.4, 0.5) is 11.4 Å². The molecule has 0 radical (unpaired) electrons. The molecule has 2 unspecified atom stereocenters. The third-order valence-electron chi connectivity index (χ3n) is 2.59. The zero-order chi connectivity index (χ0) is 11.0. The molecule has 1 aliphatic rings. The lowest BCUT2D eigenvalue weighted by Crippen LogP contribution is -2.22. The molecule has 1 saturated heterocycles. The van der Waals surface area contributed by atoms with Crippen LogP contribution < -0.4 is 10.6 Å². The number of nitrogens with two attached hydrogens (primary N) is 1. The normalized spacial score (nSPS) is 25.9. The second-order valence-corrected chi connectivity index (χ2v) is 4.18. The summed E-state index contributed by atoms with van der Waals surface area (Å²) in [6, 6.07) is 5.20. The van der Waals surface area contributed by atoms with Crippen molar-refractivity contribution in [3.8, 4) is 0 Å². The smallest absolute Gasteiger partial charge is 0.0990 e. The van der Waals surface area contributed by atoms with Crippen LogP contribution >= 0.6 is 11.6 Å². The summed E-state index contributed by atoms with van der Waals surface area (Å²) < 4.78 is 0. The Balaban J connectivity index is 2.24. The van der Waals surface area contributed by atoms with Gasteiger partial charge in [0.15, 0.2) is 0 Å². The summed E-state index contributed by atoms with van der Waals surface area (Å²) in [6.07, 6.45) is -1.42. The first kappa shape index (κ1) is 10.5. The molecule has 1 aliphatic heterocycles. The molecule has 0 saturated carbocycles. The highest BCUT2D eigenvalue weighted by Crippen LogP contribution is 2.29. The minimum atomic E-state index is -0.708. The summed E-state index contributed by atoms with van der Waals surface area (Å²) in [6.45, 7) is 0.792. The molecule has 1 aromatic rings. The van der Waals surface area contributed by atoms with Crippen LogP contribution in [0.25, 0.3) is 0 Å². The Labute approximate surface area is 92.9 Å². The van der Waals surface area contributed by atoms with Gasteiger partial charge in [-0.05, 0) is 18.2 Å². The summed E-state index contributed by atoms with van der Waals surface area (Å²) in [5.74, 6) is 0. The Kier molecular flexibility index (Phi) is 2.73. The van der Waals surface area contributed by atoms with Gasteiger partial charge in [-0.25, -0.2) is 0 Å². The van der Waals surface area contributed by atoms with E-state index in [9.17, 15) is 10.2 Å². The van der Waals surface area contributed by atoms with Gasteiger partial charge >= 0.3 is 0 Å². The predicted octanol–water partition coefficient (Wildman–Crippen LogP) is 0.464. The Morgan fingerprint density at radius 3 is 2.40 bits per heavy atom. The molecule has 4 nitrogen and oxygen atoms in total. The lowest BCUT2D eigenvalue weighted by atomic mass is 10.2. The van der Waals surface area contributed by atoms with E-state index in [0.717, 1.165) is 5.69 Å². The molecular weight excluding hydrogens is 216 g/mol. The topological polar surface area (TPSA) is 69.7 Å². The second-order valence-electron chi connectivity index (χ2n) is 3.74. The number of aliphatic hydroxyl groups excluding tert-OH is 2. The largest absolute Gasteiger partial charge is 0.397 e. The first-order valence-corrected chi connectivity index (χ1v) is 5.12. The Hall–Kier alpha value is -0.970. The SMILES string of the molecule is Nc1cc(Cl)ccc1N1CC(O)C(O)C1. The molecule has 0 aliphatic carbocycles. The summed E-state index contributed by atoms with van der Waals surface area (Å²) in [7, 11) is 0. The standard InChI is InChI=1S/C10H13ClN2O2/c11-6-1-2-8(7(12)3-6)13-4-9(14)10(15)5-13/h1-3,9-10,14-15H,4-5,12H2. The van der Waals surface area contributed by atoms with E-state index >= 15 is 0 Å². The van der Waals surface area contributed by atoms with Crippen molar-refractivity contribution in [1.29, 1.82) is 0 Å². The number of nitrogen functional groups attached to an aromatic ring is 1. The fraction of sp³-hybridized carbons (Fsp3) is 0.400. The van der Waals surface area contributed by atoms with E-state index in [1.807, 2.05) is 4.90 Å². The number of hydrogen-bond acceptors (Lipinski definition) is 4. The molecule has 1 fully saturated rings. The van der Waals surface area contributed by atoms with Crippen LogP contribution in [0.5, 0.6) is 0 Å². The van der Waals surface area contributed by atoms with Gasteiger partial charge in [0.1, 0.15) is 0 Å². The zero-order valence-electron chi connectivity index (χ0n) is 8.10. The van der Waals surface area contributed by atoms with Crippen LogP contribution in [-0.4, -0.2) is 35.5 Å².